The third kappa shape index (κ3) is 3.49. The highest BCUT2D eigenvalue weighted by Gasteiger charge is 2.39. The molecule has 15 heavy (non-hydrogen) atoms. The molecule has 3 atom stereocenters. The van der Waals surface area contributed by atoms with Gasteiger partial charge in [-0.1, -0.05) is 34.1 Å². The van der Waals surface area contributed by atoms with Gasteiger partial charge in [-0.3, -0.25) is 9.69 Å². The van der Waals surface area contributed by atoms with Crippen molar-refractivity contribution in [3.63, 3.8) is 0 Å². The number of likely N-dealkylation sites (tertiary alicyclic amines) is 1. The van der Waals surface area contributed by atoms with Crippen molar-refractivity contribution in [1.82, 2.24) is 4.90 Å². The number of nitrogens with zero attached hydrogens (tertiary/aromatic N) is 1. The molecule has 1 aliphatic rings. The number of aliphatic carboxylic acids is 1. The lowest BCUT2D eigenvalue weighted by molar-refractivity contribution is -0.142. The number of carboxylic acids is 1. The van der Waals surface area contributed by atoms with Gasteiger partial charge >= 0.3 is 5.97 Å². The van der Waals surface area contributed by atoms with Crippen LogP contribution in [-0.4, -0.2) is 35.1 Å². The third-order valence-corrected chi connectivity index (χ3v) is 3.14. The quantitative estimate of drug-likeness (QED) is 0.786. The van der Waals surface area contributed by atoms with E-state index in [0.29, 0.717) is 12.0 Å². The van der Waals surface area contributed by atoms with Crippen LogP contribution in [0.15, 0.2) is 0 Å². The molecule has 1 heterocycles. The average Bonchev–Trinajstić information content (AvgIpc) is 2.49. The Balaban J connectivity index is 0.000000921. The van der Waals surface area contributed by atoms with E-state index in [1.54, 1.807) is 0 Å². The molecule has 1 saturated heterocycles. The Morgan fingerprint density at radius 1 is 1.47 bits per heavy atom. The van der Waals surface area contributed by atoms with Gasteiger partial charge in [0.2, 0.25) is 0 Å². The van der Waals surface area contributed by atoms with Crippen LogP contribution in [0.4, 0.5) is 0 Å². The molecule has 3 heteroatoms. The van der Waals surface area contributed by atoms with E-state index in [2.05, 4.69) is 13.8 Å². The second-order valence-electron chi connectivity index (χ2n) is 4.09. The highest BCUT2D eigenvalue weighted by atomic mass is 16.4. The average molecular weight is 215 g/mol. The molecule has 1 aliphatic heterocycles. The van der Waals surface area contributed by atoms with Crippen molar-refractivity contribution in [3.05, 3.63) is 0 Å². The van der Waals surface area contributed by atoms with Crippen LogP contribution < -0.4 is 0 Å². The molecule has 0 spiro atoms. The van der Waals surface area contributed by atoms with Gasteiger partial charge in [-0.05, 0) is 25.8 Å². The first-order valence-corrected chi connectivity index (χ1v) is 6.02. The van der Waals surface area contributed by atoms with E-state index in [9.17, 15) is 4.79 Å². The number of hydrogen-bond donors (Lipinski definition) is 1. The van der Waals surface area contributed by atoms with Gasteiger partial charge in [0.05, 0.1) is 0 Å². The van der Waals surface area contributed by atoms with E-state index in [1.807, 2.05) is 25.8 Å². The molecule has 0 radical (unpaired) electrons. The highest BCUT2D eigenvalue weighted by molar-refractivity contribution is 5.74. The van der Waals surface area contributed by atoms with Crippen LogP contribution >= 0.6 is 0 Å². The molecule has 1 fully saturated rings. The number of likely N-dealkylation sites (N-methyl/N-ethyl adjacent to an activating group) is 1. The van der Waals surface area contributed by atoms with Gasteiger partial charge in [0.15, 0.2) is 0 Å². The maximum atomic E-state index is 10.9. The summed E-state index contributed by atoms with van der Waals surface area (Å²) in [6.07, 6.45) is 3.05. The molecular weight excluding hydrogens is 190 g/mol. The zero-order chi connectivity index (χ0) is 12.0. The molecular formula is C12H25NO2. The fourth-order valence-corrected chi connectivity index (χ4v) is 2.37. The molecule has 90 valence electrons. The predicted molar refractivity (Wildman–Crippen MR) is 63.0 cm³/mol. The fourth-order valence-electron chi connectivity index (χ4n) is 2.37. The summed E-state index contributed by atoms with van der Waals surface area (Å²) in [6, 6.07) is 0.206. The smallest absolute Gasteiger partial charge is 0.320 e. The SMILES string of the molecule is CC.CCCC1C(C)CC(C(=O)O)N1C. The summed E-state index contributed by atoms with van der Waals surface area (Å²) in [5, 5.41) is 8.95. The Bertz CT molecular complexity index is 194. The van der Waals surface area contributed by atoms with Gasteiger partial charge in [-0.15, -0.1) is 0 Å². The second-order valence-corrected chi connectivity index (χ2v) is 4.09. The molecule has 0 aromatic rings. The first-order valence-electron chi connectivity index (χ1n) is 6.02. The van der Waals surface area contributed by atoms with Crippen molar-refractivity contribution in [2.75, 3.05) is 7.05 Å². The van der Waals surface area contributed by atoms with Gasteiger partial charge < -0.3 is 5.11 Å². The largest absolute Gasteiger partial charge is 0.480 e. The molecule has 1 rings (SSSR count). The van der Waals surface area contributed by atoms with Crippen LogP contribution in [0.1, 0.15) is 47.0 Å². The van der Waals surface area contributed by atoms with Crippen molar-refractivity contribution >= 4 is 5.97 Å². The molecule has 0 amide bonds. The maximum absolute atomic E-state index is 10.9. The number of carboxylic acid groups (broad SMARTS) is 1. The van der Waals surface area contributed by atoms with Crippen LogP contribution in [0.5, 0.6) is 0 Å². The Kier molecular flexibility index (Phi) is 6.57. The molecule has 0 saturated carbocycles. The van der Waals surface area contributed by atoms with Gasteiger partial charge in [-0.2, -0.15) is 0 Å². The summed E-state index contributed by atoms with van der Waals surface area (Å²) in [7, 11) is 1.93. The van der Waals surface area contributed by atoms with Crippen LogP contribution in [-0.2, 0) is 4.79 Å². The second kappa shape index (κ2) is 6.83. The topological polar surface area (TPSA) is 40.5 Å². The Morgan fingerprint density at radius 2 is 2.00 bits per heavy atom. The maximum Gasteiger partial charge on any atom is 0.320 e. The summed E-state index contributed by atoms with van der Waals surface area (Å²) in [5.74, 6) is -0.154. The van der Waals surface area contributed by atoms with Crippen molar-refractivity contribution < 1.29 is 9.90 Å². The van der Waals surface area contributed by atoms with Crippen molar-refractivity contribution in [3.8, 4) is 0 Å². The molecule has 0 bridgehead atoms. The van der Waals surface area contributed by atoms with Crippen molar-refractivity contribution in [2.45, 2.75) is 59.0 Å². The van der Waals surface area contributed by atoms with Crippen LogP contribution in [0.3, 0.4) is 0 Å². The Hall–Kier alpha value is -0.570. The predicted octanol–water partition coefficient (Wildman–Crippen LogP) is 2.61. The fraction of sp³-hybridized carbons (Fsp3) is 0.917. The normalized spacial score (nSPS) is 30.9. The van der Waals surface area contributed by atoms with E-state index >= 15 is 0 Å². The molecule has 0 aromatic heterocycles. The lowest BCUT2D eigenvalue weighted by Gasteiger charge is -2.24. The van der Waals surface area contributed by atoms with E-state index in [4.69, 9.17) is 5.11 Å². The Labute approximate surface area is 93.5 Å². The molecule has 3 unspecified atom stereocenters. The Morgan fingerprint density at radius 3 is 2.33 bits per heavy atom. The summed E-state index contributed by atoms with van der Waals surface area (Å²) in [4.78, 5) is 12.9. The molecule has 0 aliphatic carbocycles. The molecule has 1 N–H and O–H groups in total. The van der Waals surface area contributed by atoms with Crippen LogP contribution in [0.25, 0.3) is 0 Å². The lowest BCUT2D eigenvalue weighted by Crippen LogP contribution is -2.38. The number of carbonyl (C=O) groups is 1. The van der Waals surface area contributed by atoms with Crippen molar-refractivity contribution in [2.24, 2.45) is 5.92 Å². The summed E-state index contributed by atoms with van der Waals surface area (Å²) in [6.45, 7) is 8.30. The van der Waals surface area contributed by atoms with E-state index in [0.717, 1.165) is 19.3 Å². The third-order valence-electron chi connectivity index (χ3n) is 3.14. The number of hydrogen-bond acceptors (Lipinski definition) is 2. The first-order chi connectivity index (χ1) is 7.07. The van der Waals surface area contributed by atoms with Gasteiger partial charge in [-0.25, -0.2) is 0 Å². The van der Waals surface area contributed by atoms with Crippen LogP contribution in [0, 0.1) is 5.92 Å². The minimum atomic E-state index is -0.673. The molecule has 0 aromatic carbocycles. The number of rotatable bonds is 3. The van der Waals surface area contributed by atoms with Gasteiger partial charge in [0, 0.05) is 6.04 Å². The minimum absolute atomic E-state index is 0.258. The minimum Gasteiger partial charge on any atom is -0.480 e. The highest BCUT2D eigenvalue weighted by Crippen LogP contribution is 2.30. The zero-order valence-corrected chi connectivity index (χ0v) is 10.7. The monoisotopic (exact) mass is 215 g/mol. The van der Waals surface area contributed by atoms with Gasteiger partial charge in [0.1, 0.15) is 6.04 Å². The van der Waals surface area contributed by atoms with Crippen LogP contribution in [0.2, 0.25) is 0 Å². The first kappa shape index (κ1) is 14.4. The standard InChI is InChI=1S/C10H19NO2.C2H6/c1-4-5-8-7(2)6-9(10(12)13)11(8)3;1-2/h7-9H,4-6H2,1-3H3,(H,12,13);1-2H3. The zero-order valence-electron chi connectivity index (χ0n) is 10.7. The van der Waals surface area contributed by atoms with Gasteiger partial charge in [0.25, 0.3) is 0 Å². The summed E-state index contributed by atoms with van der Waals surface area (Å²) >= 11 is 0. The van der Waals surface area contributed by atoms with E-state index < -0.39 is 5.97 Å². The van der Waals surface area contributed by atoms with Crippen molar-refractivity contribution in [1.29, 1.82) is 0 Å². The van der Waals surface area contributed by atoms with E-state index in [-0.39, 0.29) is 6.04 Å². The summed E-state index contributed by atoms with van der Waals surface area (Å²) < 4.78 is 0. The summed E-state index contributed by atoms with van der Waals surface area (Å²) in [5.41, 5.74) is 0. The molecule has 3 nitrogen and oxygen atoms in total. The van der Waals surface area contributed by atoms with E-state index in [1.165, 1.54) is 0 Å². The lowest BCUT2D eigenvalue weighted by atomic mass is 9.98.